The van der Waals surface area contributed by atoms with E-state index in [1.54, 1.807) is 0 Å². The van der Waals surface area contributed by atoms with Crippen LogP contribution in [0.25, 0.3) is 44.3 Å². The number of benzene rings is 3. The Balaban J connectivity index is 1.20. The molecule has 2 aromatic heterocycles. The van der Waals surface area contributed by atoms with Crippen molar-refractivity contribution in [2.75, 3.05) is 0 Å². The zero-order chi connectivity index (χ0) is 58.9. The predicted molar refractivity (Wildman–Crippen MR) is 364 cm³/mol. The topological polar surface area (TPSA) is 51.6 Å². The zero-order valence-electron chi connectivity index (χ0n) is 54.4. The Labute approximate surface area is 521 Å². The van der Waals surface area contributed by atoms with E-state index in [0.29, 0.717) is 22.3 Å². The molecule has 470 valence electrons. The Morgan fingerprint density at radius 3 is 0.714 bits per heavy atom. The molecular weight excluding hydrogens is 1070 g/mol. The van der Waals surface area contributed by atoms with E-state index in [1.807, 2.05) is 0 Å². The lowest BCUT2D eigenvalue weighted by Crippen LogP contribution is -2.29. The van der Waals surface area contributed by atoms with Crippen molar-refractivity contribution in [3.63, 3.8) is 0 Å². The highest BCUT2D eigenvalue weighted by Crippen LogP contribution is 2.65. The molecule has 84 heavy (non-hydrogen) atoms. The number of hydrogen-bond acceptors (Lipinski definition) is 6. The summed E-state index contributed by atoms with van der Waals surface area (Å²) in [5, 5.41) is 0. The van der Waals surface area contributed by atoms with Crippen LogP contribution in [0.15, 0.2) is 24.3 Å². The van der Waals surface area contributed by atoms with Gasteiger partial charge < -0.3 is 0 Å². The van der Waals surface area contributed by atoms with Gasteiger partial charge in [0.2, 0.25) is 0 Å². The average molecular weight is 1190 g/mol. The summed E-state index contributed by atoms with van der Waals surface area (Å²) in [6, 6.07) is 8.73. The van der Waals surface area contributed by atoms with E-state index in [-0.39, 0.29) is 11.6 Å². The fraction of sp³-hybridized carbons (Fsp3) is 0.763. The molecule has 7 rings (SSSR count). The van der Waals surface area contributed by atoms with Gasteiger partial charge in [-0.2, -0.15) is 17.5 Å². The largest absolute Gasteiger partial charge is 0.206 e. The summed E-state index contributed by atoms with van der Waals surface area (Å²) in [5.41, 5.74) is 7.98. The second-order valence-electron chi connectivity index (χ2n) is 27.1. The molecule has 8 heteroatoms. The normalized spacial score (nSPS) is 13.9. The van der Waals surface area contributed by atoms with Crippen LogP contribution >= 0.6 is 23.5 Å². The quantitative estimate of drug-likeness (QED) is 0.0364. The molecule has 0 saturated carbocycles. The minimum absolute atomic E-state index is 0.181. The van der Waals surface area contributed by atoms with E-state index in [9.17, 15) is 0 Å². The van der Waals surface area contributed by atoms with Crippen molar-refractivity contribution in [2.24, 2.45) is 0 Å². The van der Waals surface area contributed by atoms with Gasteiger partial charge in [0.1, 0.15) is 33.7 Å². The molecule has 4 nitrogen and oxygen atoms in total. The maximum Gasteiger partial charge on any atom is 0.136 e. The highest BCUT2D eigenvalue weighted by atomic mass is 32.1. The van der Waals surface area contributed by atoms with Crippen molar-refractivity contribution in [1.29, 1.82) is 0 Å². The van der Waals surface area contributed by atoms with Crippen LogP contribution in [-0.2, 0) is 10.8 Å². The first-order chi connectivity index (χ1) is 41.5. The second-order valence-corrected chi connectivity index (χ2v) is 28.1. The SMILES string of the molecule is CCCCCCCCCCCCCCC1(CCCCCCCCCCCCCC)c2ccc3nsnc3c2-c2c(F)c3c(c(F)c21)-c1c(ccc2nsnc12)C3(CCCCCCCCCCCCCC)CCCCCCCCCCCCCC. The minimum Gasteiger partial charge on any atom is -0.206 e. The molecule has 0 fully saturated rings. The number of hydrogen-bond donors (Lipinski definition) is 0. The van der Waals surface area contributed by atoms with Gasteiger partial charge in [-0.1, -0.05) is 348 Å². The first kappa shape index (κ1) is 68.6. The van der Waals surface area contributed by atoms with Gasteiger partial charge in [-0.3, -0.25) is 0 Å². The maximum absolute atomic E-state index is 19.7. The third kappa shape index (κ3) is 19.1. The van der Waals surface area contributed by atoms with E-state index in [1.165, 1.54) is 280 Å². The van der Waals surface area contributed by atoms with Crippen LogP contribution in [0.1, 0.15) is 384 Å². The summed E-state index contributed by atoms with van der Waals surface area (Å²) in [5.74, 6) is -0.361. The van der Waals surface area contributed by atoms with Gasteiger partial charge >= 0.3 is 0 Å². The number of unbranched alkanes of at least 4 members (excludes halogenated alkanes) is 44. The van der Waals surface area contributed by atoms with E-state index in [4.69, 9.17) is 17.5 Å². The number of halogens is 2. The van der Waals surface area contributed by atoms with Crippen LogP contribution in [-0.4, -0.2) is 17.5 Å². The Bertz CT molecular complexity index is 2350. The van der Waals surface area contributed by atoms with Crippen LogP contribution in [0, 0.1) is 11.6 Å². The molecule has 5 aromatic rings. The van der Waals surface area contributed by atoms with Crippen molar-refractivity contribution in [2.45, 2.75) is 372 Å². The predicted octanol–water partition coefficient (Wildman–Crippen LogP) is 26.9. The molecule has 2 aliphatic carbocycles. The molecule has 2 aliphatic rings. The lowest BCUT2D eigenvalue weighted by Gasteiger charge is -2.35. The highest BCUT2D eigenvalue weighted by molar-refractivity contribution is 7.00. The van der Waals surface area contributed by atoms with E-state index >= 15 is 8.78 Å². The van der Waals surface area contributed by atoms with Crippen LogP contribution < -0.4 is 0 Å². The number of fused-ring (bicyclic) bond motifs is 10. The average Bonchev–Trinajstić information content (AvgIpc) is 1.54. The molecule has 0 bridgehead atoms. The second kappa shape index (κ2) is 39.2. The Morgan fingerprint density at radius 2 is 0.488 bits per heavy atom. The van der Waals surface area contributed by atoms with Crippen molar-refractivity contribution in [1.82, 2.24) is 17.5 Å². The molecule has 0 unspecified atom stereocenters. The van der Waals surface area contributed by atoms with Crippen LogP contribution in [0.2, 0.25) is 0 Å². The van der Waals surface area contributed by atoms with Gasteiger partial charge in [-0.25, -0.2) is 8.78 Å². The van der Waals surface area contributed by atoms with E-state index in [0.717, 1.165) is 121 Å². The lowest BCUT2D eigenvalue weighted by molar-refractivity contribution is 0.374. The molecule has 0 atom stereocenters. The first-order valence-electron chi connectivity index (χ1n) is 36.6. The molecular formula is C76H120F2N4S2. The Morgan fingerprint density at radius 1 is 0.274 bits per heavy atom. The Hall–Kier alpha value is -2.84. The standard InChI is InChI=1S/C76H120F2N4S2/c1-5-9-13-17-21-25-29-33-37-41-45-49-57-75(58-50-46-42-38-34-30-26-22-18-14-10-6-2)61-53-55-63-73(81-83-79-63)65(61)67-69(75)71(77)68-66-62(54-56-64-74(66)82-84-80-64)76(70(68)72(67)78,59-51-47-43-39-35-31-27-23-19-15-11-7-3)60-52-48-44-40-36-32-28-24-20-16-12-8-4/h53-56H,5-52,57-60H2,1-4H3. The smallest absolute Gasteiger partial charge is 0.136 e. The number of rotatable bonds is 52. The number of nitrogens with zero attached hydrogens (tertiary/aromatic N) is 4. The molecule has 0 saturated heterocycles. The van der Waals surface area contributed by atoms with Crippen LogP contribution in [0.4, 0.5) is 8.78 Å². The van der Waals surface area contributed by atoms with E-state index in [2.05, 4.69) is 52.0 Å². The van der Waals surface area contributed by atoms with Gasteiger partial charge in [-0.15, -0.1) is 0 Å². The van der Waals surface area contributed by atoms with Gasteiger partial charge in [0.15, 0.2) is 0 Å². The molecule has 0 spiro atoms. The maximum atomic E-state index is 19.7. The fourth-order valence-corrected chi connectivity index (χ4v) is 16.8. The summed E-state index contributed by atoms with van der Waals surface area (Å²) in [6.07, 6.45) is 64.5. The van der Waals surface area contributed by atoms with Gasteiger partial charge in [0.05, 0.1) is 23.5 Å². The summed E-state index contributed by atoms with van der Waals surface area (Å²) in [6.45, 7) is 9.19. The Kier molecular flexibility index (Phi) is 32.1. The van der Waals surface area contributed by atoms with Gasteiger partial charge in [0, 0.05) is 44.2 Å². The molecule has 0 aliphatic heterocycles. The highest BCUT2D eigenvalue weighted by Gasteiger charge is 2.54. The van der Waals surface area contributed by atoms with Crippen molar-refractivity contribution < 1.29 is 8.78 Å². The zero-order valence-corrected chi connectivity index (χ0v) is 56.1. The van der Waals surface area contributed by atoms with Crippen LogP contribution in [0.3, 0.4) is 0 Å². The third-order valence-electron chi connectivity index (χ3n) is 20.6. The van der Waals surface area contributed by atoms with Crippen LogP contribution in [0.5, 0.6) is 0 Å². The minimum atomic E-state index is -0.663. The van der Waals surface area contributed by atoms with Crippen molar-refractivity contribution in [3.8, 4) is 22.3 Å². The summed E-state index contributed by atoms with van der Waals surface area (Å²) < 4.78 is 59.0. The monoisotopic (exact) mass is 1190 g/mol. The van der Waals surface area contributed by atoms with E-state index < -0.39 is 10.8 Å². The third-order valence-corrected chi connectivity index (χ3v) is 21.6. The molecule has 2 heterocycles. The summed E-state index contributed by atoms with van der Waals surface area (Å²) >= 11 is 2.43. The van der Waals surface area contributed by atoms with Gasteiger partial charge in [-0.05, 0) is 48.9 Å². The van der Waals surface area contributed by atoms with Crippen molar-refractivity contribution >= 4 is 45.5 Å². The van der Waals surface area contributed by atoms with Gasteiger partial charge in [0.25, 0.3) is 0 Å². The number of aromatic nitrogens is 4. The fourth-order valence-electron chi connectivity index (χ4n) is 15.7. The lowest BCUT2D eigenvalue weighted by atomic mass is 9.68. The summed E-state index contributed by atoms with van der Waals surface area (Å²) in [4.78, 5) is 0. The molecule has 0 amide bonds. The first-order valence-corrected chi connectivity index (χ1v) is 38.0. The van der Waals surface area contributed by atoms with Crippen molar-refractivity contribution in [3.05, 3.63) is 58.2 Å². The molecule has 0 N–H and O–H groups in total. The molecule has 3 aromatic carbocycles. The molecule has 0 radical (unpaired) electrons. The summed E-state index contributed by atoms with van der Waals surface area (Å²) in [7, 11) is 0.